The van der Waals surface area contributed by atoms with Crippen molar-refractivity contribution in [3.8, 4) is 0 Å². The molecular formula is C10H12N2O2. The van der Waals surface area contributed by atoms with Gasteiger partial charge in [-0.05, 0) is 17.7 Å². The monoisotopic (exact) mass is 192 g/mol. The second-order valence-corrected chi connectivity index (χ2v) is 3.27. The summed E-state index contributed by atoms with van der Waals surface area (Å²) in [5.74, 6) is -0.0647. The molecule has 1 atom stereocenters. The van der Waals surface area contributed by atoms with E-state index in [1.807, 2.05) is 24.3 Å². The van der Waals surface area contributed by atoms with E-state index in [-0.39, 0.29) is 18.6 Å². The van der Waals surface area contributed by atoms with Crippen LogP contribution in [0.5, 0.6) is 0 Å². The Morgan fingerprint density at radius 3 is 3.00 bits per heavy atom. The fraction of sp³-hybridized carbons (Fsp3) is 0.300. The number of anilines is 1. The Kier molecular flexibility index (Phi) is 2.37. The van der Waals surface area contributed by atoms with Crippen LogP contribution >= 0.6 is 0 Å². The topological polar surface area (TPSA) is 64.3 Å². The highest BCUT2D eigenvalue weighted by Gasteiger charge is 2.19. The summed E-state index contributed by atoms with van der Waals surface area (Å²) in [7, 11) is 0. The molecule has 0 saturated carbocycles. The van der Waals surface area contributed by atoms with Crippen molar-refractivity contribution in [3.05, 3.63) is 29.8 Å². The van der Waals surface area contributed by atoms with Crippen LogP contribution in [0.4, 0.5) is 5.69 Å². The van der Waals surface area contributed by atoms with Crippen LogP contribution in [0.1, 0.15) is 11.7 Å². The molecule has 0 aliphatic carbocycles. The van der Waals surface area contributed by atoms with Crippen LogP contribution < -0.4 is 11.1 Å². The lowest BCUT2D eigenvalue weighted by molar-refractivity contribution is -0.133. The smallest absolute Gasteiger partial charge is 0.246 e. The quantitative estimate of drug-likeness (QED) is 0.635. The van der Waals surface area contributed by atoms with Gasteiger partial charge in [0.2, 0.25) is 5.91 Å². The predicted molar refractivity (Wildman–Crippen MR) is 52.6 cm³/mol. The van der Waals surface area contributed by atoms with Crippen molar-refractivity contribution in [1.82, 2.24) is 5.32 Å². The van der Waals surface area contributed by atoms with Gasteiger partial charge in [0.15, 0.2) is 0 Å². The molecule has 0 radical (unpaired) electrons. The van der Waals surface area contributed by atoms with Crippen LogP contribution in [0.15, 0.2) is 24.3 Å². The van der Waals surface area contributed by atoms with E-state index in [0.29, 0.717) is 12.2 Å². The highest BCUT2D eigenvalue weighted by molar-refractivity contribution is 5.77. The Bertz CT molecular complexity index is 342. The number of morpholine rings is 1. The number of rotatable bonds is 1. The Morgan fingerprint density at radius 1 is 1.50 bits per heavy atom. The summed E-state index contributed by atoms with van der Waals surface area (Å²) in [6.45, 7) is 0.641. The summed E-state index contributed by atoms with van der Waals surface area (Å²) >= 11 is 0. The van der Waals surface area contributed by atoms with Gasteiger partial charge >= 0.3 is 0 Å². The van der Waals surface area contributed by atoms with Crippen molar-refractivity contribution in [2.75, 3.05) is 18.9 Å². The molecule has 1 fully saturated rings. The summed E-state index contributed by atoms with van der Waals surface area (Å²) in [5, 5.41) is 2.75. The summed E-state index contributed by atoms with van der Waals surface area (Å²) in [6, 6.07) is 7.51. The molecule has 1 aliphatic heterocycles. The third kappa shape index (κ3) is 1.85. The van der Waals surface area contributed by atoms with E-state index in [0.717, 1.165) is 5.56 Å². The first kappa shape index (κ1) is 9.02. The molecule has 1 aromatic carbocycles. The molecule has 1 unspecified atom stereocenters. The minimum Gasteiger partial charge on any atom is -0.399 e. The second kappa shape index (κ2) is 3.67. The molecule has 2 rings (SSSR count). The number of ether oxygens (including phenoxy) is 1. The Balaban J connectivity index is 2.12. The average Bonchev–Trinajstić information content (AvgIpc) is 2.19. The van der Waals surface area contributed by atoms with E-state index in [1.165, 1.54) is 0 Å². The molecule has 1 aromatic rings. The van der Waals surface area contributed by atoms with Crippen molar-refractivity contribution >= 4 is 11.6 Å². The van der Waals surface area contributed by atoms with Gasteiger partial charge in [0.1, 0.15) is 12.7 Å². The maximum Gasteiger partial charge on any atom is 0.246 e. The number of benzene rings is 1. The lowest BCUT2D eigenvalue weighted by Crippen LogP contribution is -2.38. The molecule has 1 heterocycles. The molecule has 3 N–H and O–H groups in total. The van der Waals surface area contributed by atoms with Crippen LogP contribution in [0.25, 0.3) is 0 Å². The van der Waals surface area contributed by atoms with Gasteiger partial charge in [-0.2, -0.15) is 0 Å². The van der Waals surface area contributed by atoms with Crippen LogP contribution in [0.3, 0.4) is 0 Å². The minimum absolute atomic E-state index is 0.0647. The first-order valence-electron chi connectivity index (χ1n) is 4.49. The zero-order chi connectivity index (χ0) is 9.97. The van der Waals surface area contributed by atoms with Gasteiger partial charge in [-0.1, -0.05) is 12.1 Å². The highest BCUT2D eigenvalue weighted by atomic mass is 16.5. The molecular weight excluding hydrogens is 180 g/mol. The third-order valence-corrected chi connectivity index (χ3v) is 2.18. The molecule has 0 bridgehead atoms. The number of hydrogen-bond donors (Lipinski definition) is 2. The lowest BCUT2D eigenvalue weighted by Gasteiger charge is -2.23. The van der Waals surface area contributed by atoms with E-state index in [2.05, 4.69) is 5.32 Å². The number of carbonyl (C=O) groups is 1. The van der Waals surface area contributed by atoms with Crippen molar-refractivity contribution in [2.45, 2.75) is 6.10 Å². The van der Waals surface area contributed by atoms with Crippen molar-refractivity contribution < 1.29 is 9.53 Å². The maximum absolute atomic E-state index is 10.8. The maximum atomic E-state index is 10.8. The second-order valence-electron chi connectivity index (χ2n) is 3.27. The lowest BCUT2D eigenvalue weighted by atomic mass is 10.1. The molecule has 4 heteroatoms. The number of amides is 1. The Hall–Kier alpha value is -1.55. The van der Waals surface area contributed by atoms with Crippen LogP contribution in [0.2, 0.25) is 0 Å². The number of nitrogens with two attached hydrogens (primary N) is 1. The van der Waals surface area contributed by atoms with Gasteiger partial charge in [0.25, 0.3) is 0 Å². The molecule has 1 amide bonds. The van der Waals surface area contributed by atoms with Crippen molar-refractivity contribution in [2.24, 2.45) is 0 Å². The normalized spacial score (nSPS) is 21.7. The molecule has 4 nitrogen and oxygen atoms in total. The first-order chi connectivity index (χ1) is 6.75. The van der Waals surface area contributed by atoms with Crippen molar-refractivity contribution in [3.63, 3.8) is 0 Å². The predicted octanol–water partition coefficient (Wildman–Crippen LogP) is 0.456. The summed E-state index contributed by atoms with van der Waals surface area (Å²) < 4.78 is 5.36. The van der Waals surface area contributed by atoms with E-state index < -0.39 is 0 Å². The minimum atomic E-state index is -0.0730. The Labute approximate surface area is 82.1 Å². The first-order valence-corrected chi connectivity index (χ1v) is 4.49. The zero-order valence-electron chi connectivity index (χ0n) is 7.69. The van der Waals surface area contributed by atoms with E-state index in [4.69, 9.17) is 10.5 Å². The third-order valence-electron chi connectivity index (χ3n) is 2.18. The van der Waals surface area contributed by atoms with Gasteiger partial charge in [0.05, 0.1) is 0 Å². The van der Waals surface area contributed by atoms with Gasteiger partial charge in [0, 0.05) is 12.2 Å². The SMILES string of the molecule is Nc1cccc(C2CNC(=O)CO2)c1. The summed E-state index contributed by atoms with van der Waals surface area (Å²) in [5.41, 5.74) is 7.37. The molecule has 1 saturated heterocycles. The molecule has 74 valence electrons. The standard InChI is InChI=1S/C10H12N2O2/c11-8-3-1-2-7(4-8)9-5-12-10(13)6-14-9/h1-4,9H,5-6,11H2,(H,12,13). The number of hydrogen-bond acceptors (Lipinski definition) is 3. The average molecular weight is 192 g/mol. The summed E-state index contributed by atoms with van der Waals surface area (Å²) in [4.78, 5) is 10.8. The highest BCUT2D eigenvalue weighted by Crippen LogP contribution is 2.20. The van der Waals surface area contributed by atoms with Gasteiger partial charge in [-0.25, -0.2) is 0 Å². The van der Waals surface area contributed by atoms with Crippen LogP contribution in [-0.2, 0) is 9.53 Å². The van der Waals surface area contributed by atoms with E-state index >= 15 is 0 Å². The number of nitrogens with one attached hydrogen (secondary N) is 1. The zero-order valence-corrected chi connectivity index (χ0v) is 7.69. The number of carbonyl (C=O) groups excluding carboxylic acids is 1. The van der Waals surface area contributed by atoms with E-state index in [1.54, 1.807) is 0 Å². The van der Waals surface area contributed by atoms with Gasteiger partial charge in [-0.15, -0.1) is 0 Å². The Morgan fingerprint density at radius 2 is 2.36 bits per heavy atom. The fourth-order valence-electron chi connectivity index (χ4n) is 1.47. The van der Waals surface area contributed by atoms with Gasteiger partial charge in [-0.3, -0.25) is 4.79 Å². The van der Waals surface area contributed by atoms with Gasteiger partial charge < -0.3 is 15.8 Å². The largest absolute Gasteiger partial charge is 0.399 e. The van der Waals surface area contributed by atoms with E-state index in [9.17, 15) is 4.79 Å². The molecule has 14 heavy (non-hydrogen) atoms. The summed E-state index contributed by atoms with van der Waals surface area (Å²) in [6.07, 6.45) is -0.0730. The fourth-order valence-corrected chi connectivity index (χ4v) is 1.47. The molecule has 1 aliphatic rings. The van der Waals surface area contributed by atoms with Crippen molar-refractivity contribution in [1.29, 1.82) is 0 Å². The number of nitrogen functional groups attached to an aromatic ring is 1. The van der Waals surface area contributed by atoms with Crippen LogP contribution in [0, 0.1) is 0 Å². The molecule has 0 aromatic heterocycles. The molecule has 0 spiro atoms. The van der Waals surface area contributed by atoms with Crippen LogP contribution in [-0.4, -0.2) is 19.1 Å².